The van der Waals surface area contributed by atoms with Gasteiger partial charge in [0.2, 0.25) is 0 Å². The Kier molecular flexibility index (Phi) is 4.60. The first kappa shape index (κ1) is 17.8. The average Bonchev–Trinajstić information content (AvgIpc) is 3.14. The van der Waals surface area contributed by atoms with Crippen molar-refractivity contribution in [2.45, 2.75) is 32.7 Å². The van der Waals surface area contributed by atoms with Gasteiger partial charge in [-0.05, 0) is 24.1 Å². The molecule has 4 aromatic rings. The molecule has 28 heavy (non-hydrogen) atoms. The number of para-hydroxylation sites is 1. The van der Waals surface area contributed by atoms with Crippen LogP contribution in [0.25, 0.3) is 16.6 Å². The molecule has 4 rings (SSSR count). The molecule has 2 aromatic heterocycles. The van der Waals surface area contributed by atoms with E-state index in [0.717, 1.165) is 35.7 Å². The topological polar surface area (TPSA) is 95.3 Å². The van der Waals surface area contributed by atoms with Gasteiger partial charge in [0.15, 0.2) is 11.5 Å². The molecule has 0 aliphatic carbocycles. The lowest BCUT2D eigenvalue weighted by Crippen LogP contribution is -2.28. The first-order chi connectivity index (χ1) is 13.6. The van der Waals surface area contributed by atoms with Gasteiger partial charge in [-0.2, -0.15) is 4.52 Å². The SMILES string of the molecule is CCCCc1nc2c3ccccc3n(Cc3ccc([N+](=O)[O-])cc3)c(=O)n2n1. The molecule has 0 aliphatic rings. The third-order valence-corrected chi connectivity index (χ3v) is 4.74. The van der Waals surface area contributed by atoms with E-state index in [9.17, 15) is 14.9 Å². The number of aryl methyl sites for hydroxylation is 1. The standard InChI is InChI=1S/C20H19N5O3/c1-2-3-8-18-21-19-16-6-4-5-7-17(16)23(20(26)24(19)22-18)13-14-9-11-15(12-10-14)25(27)28/h4-7,9-12H,2-3,8,13H2,1H3. The van der Waals surface area contributed by atoms with Gasteiger partial charge in [-0.3, -0.25) is 14.7 Å². The predicted molar refractivity (Wildman–Crippen MR) is 106 cm³/mol. The Morgan fingerprint density at radius 3 is 2.57 bits per heavy atom. The number of nitro groups is 1. The van der Waals surface area contributed by atoms with Crippen LogP contribution in [0.3, 0.4) is 0 Å². The molecule has 0 saturated heterocycles. The fourth-order valence-electron chi connectivity index (χ4n) is 3.28. The summed E-state index contributed by atoms with van der Waals surface area (Å²) < 4.78 is 2.99. The molecule has 8 nitrogen and oxygen atoms in total. The van der Waals surface area contributed by atoms with Crippen molar-refractivity contribution in [1.29, 1.82) is 0 Å². The molecule has 0 unspecified atom stereocenters. The van der Waals surface area contributed by atoms with E-state index in [1.165, 1.54) is 16.6 Å². The van der Waals surface area contributed by atoms with E-state index in [4.69, 9.17) is 0 Å². The Hall–Kier alpha value is -3.55. The summed E-state index contributed by atoms with van der Waals surface area (Å²) in [5.41, 5.74) is 1.86. The number of benzene rings is 2. The van der Waals surface area contributed by atoms with Gasteiger partial charge in [0.25, 0.3) is 5.69 Å². The van der Waals surface area contributed by atoms with Gasteiger partial charge >= 0.3 is 5.69 Å². The van der Waals surface area contributed by atoms with Gasteiger partial charge in [-0.25, -0.2) is 9.78 Å². The highest BCUT2D eigenvalue weighted by Crippen LogP contribution is 2.19. The molecule has 2 aromatic carbocycles. The van der Waals surface area contributed by atoms with Crippen molar-refractivity contribution in [2.75, 3.05) is 0 Å². The number of unbranched alkanes of at least 4 members (excludes halogenated alkanes) is 1. The number of hydrogen-bond donors (Lipinski definition) is 0. The quantitative estimate of drug-likeness (QED) is 0.379. The lowest BCUT2D eigenvalue weighted by Gasteiger charge is -2.11. The molecule has 0 amide bonds. The summed E-state index contributed by atoms with van der Waals surface area (Å²) in [7, 11) is 0. The number of nitrogens with zero attached hydrogens (tertiary/aromatic N) is 5. The number of nitro benzene ring substituents is 1. The average molecular weight is 377 g/mol. The second kappa shape index (κ2) is 7.22. The Labute approximate surface area is 160 Å². The lowest BCUT2D eigenvalue weighted by molar-refractivity contribution is -0.384. The third kappa shape index (κ3) is 3.13. The number of non-ortho nitro benzene ring substituents is 1. The monoisotopic (exact) mass is 377 g/mol. The van der Waals surface area contributed by atoms with Crippen LogP contribution in [0.15, 0.2) is 53.3 Å². The van der Waals surface area contributed by atoms with Crippen LogP contribution in [-0.2, 0) is 13.0 Å². The summed E-state index contributed by atoms with van der Waals surface area (Å²) in [5, 5.41) is 16.1. The zero-order chi connectivity index (χ0) is 19.7. The van der Waals surface area contributed by atoms with Crippen LogP contribution in [0, 0.1) is 10.1 Å². The number of aromatic nitrogens is 4. The first-order valence-corrected chi connectivity index (χ1v) is 9.19. The normalized spacial score (nSPS) is 11.3. The van der Waals surface area contributed by atoms with Gasteiger partial charge < -0.3 is 0 Å². The minimum atomic E-state index is -0.440. The van der Waals surface area contributed by atoms with Gasteiger partial charge in [0.1, 0.15) is 0 Å². The molecule has 0 fully saturated rings. The maximum atomic E-state index is 13.1. The molecular weight excluding hydrogens is 358 g/mol. The lowest BCUT2D eigenvalue weighted by atomic mass is 10.2. The van der Waals surface area contributed by atoms with Crippen molar-refractivity contribution in [3.63, 3.8) is 0 Å². The maximum absolute atomic E-state index is 13.1. The molecule has 0 N–H and O–H groups in total. The number of fused-ring (bicyclic) bond motifs is 3. The summed E-state index contributed by atoms with van der Waals surface area (Å²) >= 11 is 0. The zero-order valence-electron chi connectivity index (χ0n) is 15.4. The highest BCUT2D eigenvalue weighted by molar-refractivity contribution is 5.91. The van der Waals surface area contributed by atoms with Crippen LogP contribution >= 0.6 is 0 Å². The van der Waals surface area contributed by atoms with E-state index in [-0.39, 0.29) is 17.9 Å². The molecule has 142 valence electrons. The molecular formula is C20H19N5O3. The highest BCUT2D eigenvalue weighted by Gasteiger charge is 2.15. The van der Waals surface area contributed by atoms with E-state index in [1.54, 1.807) is 16.7 Å². The van der Waals surface area contributed by atoms with Crippen molar-refractivity contribution in [3.8, 4) is 0 Å². The van der Waals surface area contributed by atoms with Crippen LogP contribution < -0.4 is 5.69 Å². The van der Waals surface area contributed by atoms with Crippen molar-refractivity contribution in [2.24, 2.45) is 0 Å². The van der Waals surface area contributed by atoms with E-state index in [1.807, 2.05) is 24.3 Å². The van der Waals surface area contributed by atoms with E-state index >= 15 is 0 Å². The molecule has 0 spiro atoms. The minimum Gasteiger partial charge on any atom is -0.287 e. The molecule has 0 bridgehead atoms. The Morgan fingerprint density at radius 1 is 1.11 bits per heavy atom. The van der Waals surface area contributed by atoms with E-state index in [2.05, 4.69) is 17.0 Å². The van der Waals surface area contributed by atoms with Crippen LogP contribution in [0.5, 0.6) is 0 Å². The Balaban J connectivity index is 1.85. The minimum absolute atomic E-state index is 0.0215. The summed E-state index contributed by atoms with van der Waals surface area (Å²) in [6.07, 6.45) is 2.72. The molecule has 0 radical (unpaired) electrons. The molecule has 2 heterocycles. The van der Waals surface area contributed by atoms with Gasteiger partial charge in [0, 0.05) is 23.9 Å². The second-order valence-corrected chi connectivity index (χ2v) is 6.68. The fraction of sp³-hybridized carbons (Fsp3) is 0.250. The summed E-state index contributed by atoms with van der Waals surface area (Å²) in [6.45, 7) is 2.39. The number of rotatable bonds is 6. The van der Waals surface area contributed by atoms with Crippen LogP contribution in [-0.4, -0.2) is 24.1 Å². The molecule has 0 aliphatic heterocycles. The summed E-state index contributed by atoms with van der Waals surface area (Å²) in [6, 6.07) is 13.8. The van der Waals surface area contributed by atoms with E-state index < -0.39 is 4.92 Å². The van der Waals surface area contributed by atoms with Gasteiger partial charge in [-0.1, -0.05) is 37.6 Å². The maximum Gasteiger partial charge on any atom is 0.351 e. The summed E-state index contributed by atoms with van der Waals surface area (Å²) in [4.78, 5) is 28.1. The fourth-order valence-corrected chi connectivity index (χ4v) is 3.28. The predicted octanol–water partition coefficient (Wildman–Crippen LogP) is 3.34. The number of hydrogen-bond acceptors (Lipinski definition) is 5. The molecule has 0 saturated carbocycles. The third-order valence-electron chi connectivity index (χ3n) is 4.74. The smallest absolute Gasteiger partial charge is 0.287 e. The second-order valence-electron chi connectivity index (χ2n) is 6.68. The molecule has 0 atom stereocenters. The van der Waals surface area contributed by atoms with Crippen molar-refractivity contribution in [3.05, 3.63) is 80.5 Å². The van der Waals surface area contributed by atoms with Crippen LogP contribution in [0.4, 0.5) is 5.69 Å². The summed E-state index contributed by atoms with van der Waals surface area (Å²) in [5.74, 6) is 0.664. The van der Waals surface area contributed by atoms with Gasteiger partial charge in [0.05, 0.1) is 17.0 Å². The van der Waals surface area contributed by atoms with Crippen molar-refractivity contribution >= 4 is 22.2 Å². The first-order valence-electron chi connectivity index (χ1n) is 9.19. The van der Waals surface area contributed by atoms with Crippen molar-refractivity contribution < 1.29 is 4.92 Å². The molecule has 8 heteroatoms. The largest absolute Gasteiger partial charge is 0.351 e. The zero-order valence-corrected chi connectivity index (χ0v) is 15.4. The Morgan fingerprint density at radius 2 is 1.86 bits per heavy atom. The van der Waals surface area contributed by atoms with Crippen LogP contribution in [0.1, 0.15) is 31.2 Å². The highest BCUT2D eigenvalue weighted by atomic mass is 16.6. The van der Waals surface area contributed by atoms with Gasteiger partial charge in [-0.15, -0.1) is 5.10 Å². The Bertz CT molecular complexity index is 1220. The van der Waals surface area contributed by atoms with E-state index in [0.29, 0.717) is 11.5 Å². The van der Waals surface area contributed by atoms with Crippen LogP contribution in [0.2, 0.25) is 0 Å². The van der Waals surface area contributed by atoms with Crippen molar-refractivity contribution in [1.82, 2.24) is 19.2 Å².